The zero-order valence-electron chi connectivity index (χ0n) is 6.12. The molecule has 1 aliphatic rings. The third-order valence-electron chi connectivity index (χ3n) is 1.72. The van der Waals surface area contributed by atoms with E-state index in [0.717, 1.165) is 0 Å². The van der Waals surface area contributed by atoms with Crippen LogP contribution in [0.1, 0.15) is 0 Å². The summed E-state index contributed by atoms with van der Waals surface area (Å²) in [5.41, 5.74) is 0. The number of carbonyl (C=O) groups excluding carboxylic acids is 1. The Hall–Kier alpha value is -0.690. The molecule has 70 valence electrons. The van der Waals surface area contributed by atoms with Crippen molar-refractivity contribution in [1.29, 1.82) is 0 Å². The van der Waals surface area contributed by atoms with Crippen LogP contribution in [0.3, 0.4) is 0 Å². The molecule has 0 saturated carbocycles. The number of ether oxygens (including phenoxy) is 1. The highest BCUT2D eigenvalue weighted by Gasteiger charge is 2.45. The molecular weight excluding hydrogens is 168 g/mol. The summed E-state index contributed by atoms with van der Waals surface area (Å²) in [5, 5.41) is 35.3. The summed E-state index contributed by atoms with van der Waals surface area (Å²) in [5.74, 6) is -0.986. The molecule has 0 aliphatic carbocycles. The van der Waals surface area contributed by atoms with E-state index in [9.17, 15) is 4.79 Å². The number of cyclic esters (lactones) is 1. The third kappa shape index (κ3) is 1.42. The Kier molecular flexibility index (Phi) is 2.63. The van der Waals surface area contributed by atoms with Gasteiger partial charge in [0, 0.05) is 0 Å². The smallest absolute Gasteiger partial charge is 0.338 e. The molecule has 4 N–H and O–H groups in total. The number of esters is 1. The van der Waals surface area contributed by atoms with Crippen molar-refractivity contribution < 1.29 is 30.0 Å². The molecule has 1 unspecified atom stereocenters. The SMILES string of the molecule is O=C1OC([C@@H](O)CO)[C@@H](O)[C@@H]1O. The number of rotatable bonds is 2. The number of hydrogen-bond acceptors (Lipinski definition) is 6. The Morgan fingerprint density at radius 1 is 1.50 bits per heavy atom. The number of carbonyl (C=O) groups is 1. The lowest BCUT2D eigenvalue weighted by Gasteiger charge is -2.17. The van der Waals surface area contributed by atoms with Gasteiger partial charge in [-0.1, -0.05) is 0 Å². The van der Waals surface area contributed by atoms with Crippen molar-refractivity contribution in [1.82, 2.24) is 0 Å². The fourth-order valence-electron chi connectivity index (χ4n) is 1.00. The summed E-state index contributed by atoms with van der Waals surface area (Å²) in [4.78, 5) is 10.6. The molecule has 0 aromatic rings. The standard InChI is InChI=1S/C6H10O6/c7-1-2(8)5-3(9)4(10)6(11)12-5/h2-5,7-10H,1H2/t2-,3-,4-,5?/m0/s1. The molecule has 1 rings (SSSR count). The van der Waals surface area contributed by atoms with E-state index >= 15 is 0 Å². The predicted octanol–water partition coefficient (Wildman–Crippen LogP) is -3.01. The minimum atomic E-state index is -1.63. The molecule has 6 heteroatoms. The Labute approximate surface area is 68.0 Å². The van der Waals surface area contributed by atoms with Crippen LogP contribution in [0, 0.1) is 0 Å². The lowest BCUT2D eigenvalue weighted by Crippen LogP contribution is -2.40. The first kappa shape index (κ1) is 9.40. The van der Waals surface area contributed by atoms with Crippen molar-refractivity contribution >= 4 is 5.97 Å². The van der Waals surface area contributed by atoms with E-state index in [1.54, 1.807) is 0 Å². The maximum atomic E-state index is 10.6. The molecule has 1 aliphatic heterocycles. The van der Waals surface area contributed by atoms with Gasteiger partial charge in [0.15, 0.2) is 12.2 Å². The normalized spacial score (nSPS) is 38.0. The second-order valence-electron chi connectivity index (χ2n) is 2.59. The van der Waals surface area contributed by atoms with Gasteiger partial charge in [-0.05, 0) is 0 Å². The molecule has 12 heavy (non-hydrogen) atoms. The lowest BCUT2D eigenvalue weighted by molar-refractivity contribution is -0.151. The highest BCUT2D eigenvalue weighted by Crippen LogP contribution is 2.18. The van der Waals surface area contributed by atoms with Crippen molar-refractivity contribution in [2.24, 2.45) is 0 Å². The molecule has 1 saturated heterocycles. The largest absolute Gasteiger partial charge is 0.455 e. The molecule has 0 bridgehead atoms. The average molecular weight is 178 g/mol. The molecule has 1 heterocycles. The van der Waals surface area contributed by atoms with Crippen LogP contribution in [0.4, 0.5) is 0 Å². The van der Waals surface area contributed by atoms with Gasteiger partial charge in [0.05, 0.1) is 6.61 Å². The molecule has 0 spiro atoms. The zero-order valence-corrected chi connectivity index (χ0v) is 6.12. The molecular formula is C6H10O6. The van der Waals surface area contributed by atoms with Crippen LogP contribution in [-0.2, 0) is 9.53 Å². The Morgan fingerprint density at radius 2 is 2.08 bits per heavy atom. The summed E-state index contributed by atoms with van der Waals surface area (Å²) in [6, 6.07) is 0. The van der Waals surface area contributed by atoms with Gasteiger partial charge in [-0.2, -0.15) is 0 Å². The van der Waals surface area contributed by atoms with Gasteiger partial charge in [0.1, 0.15) is 12.2 Å². The summed E-state index contributed by atoms with van der Waals surface area (Å²) in [6.45, 7) is -0.637. The van der Waals surface area contributed by atoms with Crippen LogP contribution in [0.5, 0.6) is 0 Å². The van der Waals surface area contributed by atoms with Gasteiger partial charge < -0.3 is 25.2 Å². The minimum Gasteiger partial charge on any atom is -0.455 e. The van der Waals surface area contributed by atoms with Crippen LogP contribution in [0.15, 0.2) is 0 Å². The maximum absolute atomic E-state index is 10.6. The summed E-state index contributed by atoms with van der Waals surface area (Å²) in [6.07, 6.45) is -5.70. The zero-order chi connectivity index (χ0) is 9.30. The van der Waals surface area contributed by atoms with E-state index < -0.39 is 37.0 Å². The van der Waals surface area contributed by atoms with Gasteiger partial charge in [-0.25, -0.2) is 4.79 Å². The highest BCUT2D eigenvalue weighted by atomic mass is 16.6. The van der Waals surface area contributed by atoms with E-state index in [2.05, 4.69) is 4.74 Å². The van der Waals surface area contributed by atoms with Gasteiger partial charge in [-0.15, -0.1) is 0 Å². The van der Waals surface area contributed by atoms with Crippen LogP contribution in [-0.4, -0.2) is 57.4 Å². The van der Waals surface area contributed by atoms with Crippen molar-refractivity contribution in [2.45, 2.75) is 24.4 Å². The minimum absolute atomic E-state index is 0.637. The number of hydrogen-bond donors (Lipinski definition) is 4. The van der Waals surface area contributed by atoms with Crippen molar-refractivity contribution in [3.05, 3.63) is 0 Å². The summed E-state index contributed by atoms with van der Waals surface area (Å²) < 4.78 is 4.39. The number of aliphatic hydroxyl groups is 4. The van der Waals surface area contributed by atoms with E-state index in [-0.39, 0.29) is 0 Å². The molecule has 1 fully saturated rings. The first-order valence-electron chi connectivity index (χ1n) is 3.43. The molecule has 0 aromatic heterocycles. The Balaban J connectivity index is 2.64. The van der Waals surface area contributed by atoms with Crippen LogP contribution in [0.2, 0.25) is 0 Å². The maximum Gasteiger partial charge on any atom is 0.338 e. The quantitative estimate of drug-likeness (QED) is 0.335. The first-order chi connectivity index (χ1) is 5.57. The fraction of sp³-hybridized carbons (Fsp3) is 0.833. The Morgan fingerprint density at radius 3 is 2.42 bits per heavy atom. The number of aliphatic hydroxyl groups excluding tert-OH is 4. The fourth-order valence-corrected chi connectivity index (χ4v) is 1.00. The summed E-state index contributed by atoms with van der Waals surface area (Å²) in [7, 11) is 0. The first-order valence-corrected chi connectivity index (χ1v) is 3.43. The van der Waals surface area contributed by atoms with E-state index in [4.69, 9.17) is 20.4 Å². The molecule has 4 atom stereocenters. The van der Waals surface area contributed by atoms with Crippen molar-refractivity contribution in [2.75, 3.05) is 6.61 Å². The van der Waals surface area contributed by atoms with E-state index in [1.165, 1.54) is 0 Å². The molecule has 0 aromatic carbocycles. The van der Waals surface area contributed by atoms with Crippen molar-refractivity contribution in [3.8, 4) is 0 Å². The van der Waals surface area contributed by atoms with Gasteiger partial charge in [0.25, 0.3) is 0 Å². The molecule has 6 nitrogen and oxygen atoms in total. The Bertz CT molecular complexity index is 181. The summed E-state index contributed by atoms with van der Waals surface area (Å²) >= 11 is 0. The van der Waals surface area contributed by atoms with Gasteiger partial charge in [-0.3, -0.25) is 0 Å². The van der Waals surface area contributed by atoms with Crippen LogP contribution >= 0.6 is 0 Å². The average Bonchev–Trinajstić information content (AvgIpc) is 2.32. The second kappa shape index (κ2) is 3.36. The van der Waals surface area contributed by atoms with Crippen LogP contribution < -0.4 is 0 Å². The second-order valence-corrected chi connectivity index (χ2v) is 2.59. The monoisotopic (exact) mass is 178 g/mol. The van der Waals surface area contributed by atoms with E-state index in [1.807, 2.05) is 0 Å². The third-order valence-corrected chi connectivity index (χ3v) is 1.72. The highest BCUT2D eigenvalue weighted by molar-refractivity contribution is 5.77. The predicted molar refractivity (Wildman–Crippen MR) is 35.0 cm³/mol. The van der Waals surface area contributed by atoms with Gasteiger partial charge in [0.2, 0.25) is 0 Å². The van der Waals surface area contributed by atoms with E-state index in [0.29, 0.717) is 0 Å². The topological polar surface area (TPSA) is 107 Å². The van der Waals surface area contributed by atoms with Crippen molar-refractivity contribution in [3.63, 3.8) is 0 Å². The molecule has 0 amide bonds. The molecule has 0 radical (unpaired) electrons. The van der Waals surface area contributed by atoms with Crippen LogP contribution in [0.25, 0.3) is 0 Å². The lowest BCUT2D eigenvalue weighted by atomic mass is 10.1. The van der Waals surface area contributed by atoms with Gasteiger partial charge >= 0.3 is 5.97 Å².